The van der Waals surface area contributed by atoms with E-state index in [2.05, 4.69) is 41.0 Å². The van der Waals surface area contributed by atoms with Crippen LogP contribution in [0.2, 0.25) is 0 Å². The molecule has 2 bridgehead atoms. The summed E-state index contributed by atoms with van der Waals surface area (Å²) in [6.45, 7) is 3.69. The van der Waals surface area contributed by atoms with Gasteiger partial charge in [-0.25, -0.2) is 4.68 Å². The second-order valence-electron chi connectivity index (χ2n) is 7.00. The third-order valence-electron chi connectivity index (χ3n) is 5.10. The second-order valence-corrected chi connectivity index (χ2v) is 7.00. The minimum atomic E-state index is 0.355. The lowest BCUT2D eigenvalue weighted by atomic mass is 9.96. The molecule has 4 rings (SSSR count). The van der Waals surface area contributed by atoms with Gasteiger partial charge in [0.1, 0.15) is 0 Å². The smallest absolute Gasteiger partial charge is 0.191 e. The molecule has 0 saturated carbocycles. The van der Waals surface area contributed by atoms with E-state index < -0.39 is 0 Å². The molecule has 0 radical (unpaired) electrons. The van der Waals surface area contributed by atoms with Crippen LogP contribution in [0.15, 0.2) is 47.7 Å². The van der Waals surface area contributed by atoms with Crippen molar-refractivity contribution in [2.24, 2.45) is 4.99 Å². The Labute approximate surface area is 154 Å². The Morgan fingerprint density at radius 2 is 2.19 bits per heavy atom. The molecule has 1 aromatic heterocycles. The number of hydrogen-bond donors (Lipinski definition) is 2. The van der Waals surface area contributed by atoms with Gasteiger partial charge in [-0.2, -0.15) is 5.10 Å². The van der Waals surface area contributed by atoms with Crippen LogP contribution >= 0.6 is 0 Å². The summed E-state index contributed by atoms with van der Waals surface area (Å²) in [5.74, 6) is 0.893. The number of aromatic nitrogens is 2. The molecule has 6 nitrogen and oxygen atoms in total. The number of benzene rings is 1. The Balaban J connectivity index is 1.33. The average Bonchev–Trinajstić information content (AvgIpc) is 3.39. The van der Waals surface area contributed by atoms with Crippen molar-refractivity contribution in [3.05, 3.63) is 48.3 Å². The maximum absolute atomic E-state index is 5.93. The fourth-order valence-electron chi connectivity index (χ4n) is 3.79. The van der Waals surface area contributed by atoms with E-state index in [-0.39, 0.29) is 0 Å². The van der Waals surface area contributed by atoms with Gasteiger partial charge in [-0.15, -0.1) is 0 Å². The lowest BCUT2D eigenvalue weighted by molar-refractivity contribution is 0.0992. The van der Waals surface area contributed by atoms with Gasteiger partial charge in [0.25, 0.3) is 0 Å². The van der Waals surface area contributed by atoms with Crippen LogP contribution in [0.25, 0.3) is 5.69 Å². The van der Waals surface area contributed by atoms with Gasteiger partial charge in [0.15, 0.2) is 5.96 Å². The Bertz CT molecular complexity index is 742. The fraction of sp³-hybridized carbons (Fsp3) is 0.500. The zero-order valence-electron chi connectivity index (χ0n) is 15.3. The number of nitrogens with one attached hydrogen (secondary N) is 2. The number of ether oxygens (including phenoxy) is 1. The summed E-state index contributed by atoms with van der Waals surface area (Å²) in [5, 5.41) is 11.4. The van der Waals surface area contributed by atoms with E-state index >= 15 is 0 Å². The molecular formula is C20H27N5O. The van der Waals surface area contributed by atoms with E-state index in [1.165, 1.54) is 18.4 Å². The first-order valence-electron chi connectivity index (χ1n) is 9.61. The summed E-state index contributed by atoms with van der Waals surface area (Å²) >= 11 is 0. The van der Waals surface area contributed by atoms with Gasteiger partial charge < -0.3 is 15.4 Å². The van der Waals surface area contributed by atoms with Gasteiger partial charge in [0.2, 0.25) is 0 Å². The SMILES string of the molecule is CCNC(=NCCc1cnn(-c2ccccc2)c1)NC1CC2CCC1O2. The lowest BCUT2D eigenvalue weighted by Crippen LogP contribution is -2.47. The molecule has 2 aliphatic rings. The molecular weight excluding hydrogens is 326 g/mol. The van der Waals surface area contributed by atoms with Crippen molar-refractivity contribution in [2.75, 3.05) is 13.1 Å². The lowest BCUT2D eigenvalue weighted by Gasteiger charge is -2.22. The summed E-state index contributed by atoms with van der Waals surface area (Å²) in [6, 6.07) is 10.6. The predicted molar refractivity (Wildman–Crippen MR) is 103 cm³/mol. The summed E-state index contributed by atoms with van der Waals surface area (Å²) in [5.41, 5.74) is 2.27. The number of fused-ring (bicyclic) bond motifs is 2. The predicted octanol–water partition coefficient (Wildman–Crippen LogP) is 2.29. The van der Waals surface area contributed by atoms with E-state index in [0.29, 0.717) is 18.2 Å². The van der Waals surface area contributed by atoms with E-state index in [0.717, 1.165) is 37.6 Å². The number of para-hydroxylation sites is 1. The molecule has 3 heterocycles. The molecule has 2 saturated heterocycles. The molecule has 26 heavy (non-hydrogen) atoms. The summed E-state index contributed by atoms with van der Waals surface area (Å²) in [4.78, 5) is 4.74. The first kappa shape index (κ1) is 17.1. The molecule has 3 atom stereocenters. The molecule has 6 heteroatoms. The quantitative estimate of drug-likeness (QED) is 0.618. The van der Waals surface area contributed by atoms with Gasteiger partial charge in [-0.05, 0) is 50.3 Å². The minimum absolute atomic E-state index is 0.355. The topological polar surface area (TPSA) is 63.5 Å². The van der Waals surface area contributed by atoms with Gasteiger partial charge >= 0.3 is 0 Å². The first-order valence-corrected chi connectivity index (χ1v) is 9.61. The third kappa shape index (κ3) is 3.90. The summed E-state index contributed by atoms with van der Waals surface area (Å²) in [7, 11) is 0. The number of hydrogen-bond acceptors (Lipinski definition) is 3. The van der Waals surface area contributed by atoms with Crippen molar-refractivity contribution in [1.29, 1.82) is 0 Å². The fourth-order valence-corrected chi connectivity index (χ4v) is 3.79. The second kappa shape index (κ2) is 7.91. The number of aliphatic imine (C=N–C) groups is 1. The normalized spacial score (nSPS) is 24.8. The Morgan fingerprint density at radius 1 is 1.31 bits per heavy atom. The molecule has 0 amide bonds. The average molecular weight is 353 g/mol. The largest absolute Gasteiger partial charge is 0.373 e. The standard InChI is InChI=1S/C20H27N5O/c1-2-21-20(24-18-12-17-8-9-19(18)26-17)22-11-10-15-13-23-25(14-15)16-6-4-3-5-7-16/h3-7,13-14,17-19H,2,8-12H2,1H3,(H2,21,22,24). The molecule has 1 aromatic carbocycles. The van der Waals surface area contributed by atoms with Crippen LogP contribution in [-0.2, 0) is 11.2 Å². The van der Waals surface area contributed by atoms with Crippen molar-refractivity contribution in [1.82, 2.24) is 20.4 Å². The molecule has 2 aromatic rings. The van der Waals surface area contributed by atoms with Crippen molar-refractivity contribution in [3.63, 3.8) is 0 Å². The van der Waals surface area contributed by atoms with Gasteiger partial charge in [0.05, 0.1) is 30.1 Å². The highest BCUT2D eigenvalue weighted by Crippen LogP contribution is 2.34. The zero-order valence-corrected chi connectivity index (χ0v) is 15.3. The number of nitrogens with zero attached hydrogens (tertiary/aromatic N) is 3. The van der Waals surface area contributed by atoms with Gasteiger partial charge in [-0.1, -0.05) is 18.2 Å². The molecule has 138 valence electrons. The molecule has 2 fully saturated rings. The van der Waals surface area contributed by atoms with Crippen molar-refractivity contribution in [3.8, 4) is 5.69 Å². The summed E-state index contributed by atoms with van der Waals surface area (Å²) in [6.07, 6.45) is 9.15. The maximum Gasteiger partial charge on any atom is 0.191 e. The van der Waals surface area contributed by atoms with Gasteiger partial charge in [-0.3, -0.25) is 4.99 Å². The van der Waals surface area contributed by atoms with Crippen LogP contribution in [0.4, 0.5) is 0 Å². The van der Waals surface area contributed by atoms with Crippen LogP contribution in [-0.4, -0.2) is 47.1 Å². The Morgan fingerprint density at radius 3 is 2.92 bits per heavy atom. The molecule has 0 spiro atoms. The highest BCUT2D eigenvalue weighted by Gasteiger charge is 2.41. The van der Waals surface area contributed by atoms with Crippen LogP contribution in [0, 0.1) is 0 Å². The number of rotatable bonds is 6. The van der Waals surface area contributed by atoms with Crippen molar-refractivity contribution >= 4 is 5.96 Å². The molecule has 2 aliphatic heterocycles. The van der Waals surface area contributed by atoms with Crippen molar-refractivity contribution < 1.29 is 4.74 Å². The highest BCUT2D eigenvalue weighted by atomic mass is 16.5. The van der Waals surface area contributed by atoms with Crippen LogP contribution in [0.3, 0.4) is 0 Å². The van der Waals surface area contributed by atoms with Gasteiger partial charge in [0, 0.05) is 19.3 Å². The maximum atomic E-state index is 5.93. The zero-order chi connectivity index (χ0) is 17.8. The first-order chi connectivity index (χ1) is 12.8. The van der Waals surface area contributed by atoms with Crippen LogP contribution in [0.1, 0.15) is 31.7 Å². The summed E-state index contributed by atoms with van der Waals surface area (Å²) < 4.78 is 7.84. The molecule has 0 aliphatic carbocycles. The van der Waals surface area contributed by atoms with E-state index in [1.54, 1.807) is 0 Å². The third-order valence-corrected chi connectivity index (χ3v) is 5.10. The monoisotopic (exact) mass is 353 g/mol. The van der Waals surface area contributed by atoms with Crippen LogP contribution < -0.4 is 10.6 Å². The van der Waals surface area contributed by atoms with E-state index in [1.807, 2.05) is 29.1 Å². The molecule has 2 N–H and O–H groups in total. The van der Waals surface area contributed by atoms with E-state index in [4.69, 9.17) is 9.73 Å². The number of guanidine groups is 1. The van der Waals surface area contributed by atoms with Crippen LogP contribution in [0.5, 0.6) is 0 Å². The molecule has 3 unspecified atom stereocenters. The Hall–Kier alpha value is -2.34. The van der Waals surface area contributed by atoms with Crippen molar-refractivity contribution in [2.45, 2.75) is 50.9 Å². The minimum Gasteiger partial charge on any atom is -0.373 e. The Kier molecular flexibility index (Phi) is 5.20. The highest BCUT2D eigenvalue weighted by molar-refractivity contribution is 5.80. The van der Waals surface area contributed by atoms with E-state index in [9.17, 15) is 0 Å².